The quantitative estimate of drug-likeness (QED) is 0.358. The van der Waals surface area contributed by atoms with Crippen molar-refractivity contribution >= 4 is 46.3 Å². The number of nitrogens with one attached hydrogen (secondary N) is 1. The van der Waals surface area contributed by atoms with Gasteiger partial charge in [0.1, 0.15) is 10.9 Å². The van der Waals surface area contributed by atoms with E-state index in [0.29, 0.717) is 23.7 Å². The standard InChI is InChI=1S/C28H36N6O3S/c1-16(2)14-15-31-27(36)24(19-10-12-20(13-11-19)33(5)6)34(21-9-7-8-17(3)18(21)4)28(37)25-22(29)23(26(30)35)32-38-25/h7-13,16,24H,14-15,29H2,1-6H3,(H2,30,35)(H,31,36)/t24-/m0/s1. The van der Waals surface area contributed by atoms with Crippen LogP contribution in [0.1, 0.15) is 63.2 Å². The Bertz CT molecular complexity index is 1320. The fourth-order valence-corrected chi connectivity index (χ4v) is 4.80. The Morgan fingerprint density at radius 3 is 2.26 bits per heavy atom. The summed E-state index contributed by atoms with van der Waals surface area (Å²) in [5.74, 6) is -1.29. The molecule has 3 aromatic rings. The van der Waals surface area contributed by atoms with E-state index >= 15 is 0 Å². The maximum absolute atomic E-state index is 14.2. The Labute approximate surface area is 228 Å². The molecule has 10 heteroatoms. The monoisotopic (exact) mass is 536 g/mol. The van der Waals surface area contributed by atoms with Crippen molar-refractivity contribution in [3.05, 3.63) is 69.7 Å². The van der Waals surface area contributed by atoms with E-state index in [0.717, 1.165) is 34.8 Å². The van der Waals surface area contributed by atoms with Gasteiger partial charge < -0.3 is 21.7 Å². The van der Waals surface area contributed by atoms with Crippen LogP contribution in [0.25, 0.3) is 0 Å². The molecular formula is C28H36N6O3S. The topological polar surface area (TPSA) is 135 Å². The first-order valence-electron chi connectivity index (χ1n) is 12.4. The molecule has 0 unspecified atom stereocenters. The number of nitrogens with two attached hydrogens (primary N) is 2. The smallest absolute Gasteiger partial charge is 0.273 e. The summed E-state index contributed by atoms with van der Waals surface area (Å²) in [7, 11) is 3.86. The number of aromatic nitrogens is 1. The summed E-state index contributed by atoms with van der Waals surface area (Å²) in [6, 6.07) is 12.1. The average Bonchev–Trinajstić information content (AvgIpc) is 3.25. The molecule has 1 heterocycles. The molecule has 0 saturated carbocycles. The van der Waals surface area contributed by atoms with Crippen molar-refractivity contribution < 1.29 is 14.4 Å². The van der Waals surface area contributed by atoms with Gasteiger partial charge in [0.05, 0.1) is 5.69 Å². The van der Waals surface area contributed by atoms with Crippen molar-refractivity contribution in [3.8, 4) is 0 Å². The molecule has 1 atom stereocenters. The lowest BCUT2D eigenvalue weighted by Crippen LogP contribution is -2.44. The van der Waals surface area contributed by atoms with Crippen molar-refractivity contribution in [2.45, 2.75) is 40.2 Å². The number of carbonyl (C=O) groups excluding carboxylic acids is 3. The van der Waals surface area contributed by atoms with E-state index in [1.54, 1.807) is 6.07 Å². The van der Waals surface area contributed by atoms with Crippen LogP contribution < -0.4 is 26.6 Å². The Hall–Kier alpha value is -3.92. The number of nitrogens with zero attached hydrogens (tertiary/aromatic N) is 3. The molecule has 0 fully saturated rings. The molecular weight excluding hydrogens is 500 g/mol. The van der Waals surface area contributed by atoms with Crippen LogP contribution in [0.15, 0.2) is 42.5 Å². The van der Waals surface area contributed by atoms with Crippen LogP contribution in [0, 0.1) is 19.8 Å². The zero-order valence-electron chi connectivity index (χ0n) is 22.7. The van der Waals surface area contributed by atoms with Gasteiger partial charge in [0.25, 0.3) is 11.8 Å². The van der Waals surface area contributed by atoms with Gasteiger partial charge >= 0.3 is 0 Å². The van der Waals surface area contributed by atoms with Crippen molar-refractivity contribution in [2.75, 3.05) is 36.2 Å². The molecule has 0 aliphatic heterocycles. The summed E-state index contributed by atoms with van der Waals surface area (Å²) in [4.78, 5) is 43.3. The van der Waals surface area contributed by atoms with Gasteiger partial charge in [-0.3, -0.25) is 19.3 Å². The summed E-state index contributed by atoms with van der Waals surface area (Å²) in [6.07, 6.45) is 0.791. The minimum Gasteiger partial charge on any atom is -0.395 e. The van der Waals surface area contributed by atoms with E-state index in [1.165, 1.54) is 4.90 Å². The summed E-state index contributed by atoms with van der Waals surface area (Å²) >= 11 is 0.793. The summed E-state index contributed by atoms with van der Waals surface area (Å²) in [5, 5.41) is 3.02. The highest BCUT2D eigenvalue weighted by atomic mass is 32.1. The van der Waals surface area contributed by atoms with Crippen molar-refractivity contribution in [3.63, 3.8) is 0 Å². The Morgan fingerprint density at radius 1 is 1.05 bits per heavy atom. The fourth-order valence-electron chi connectivity index (χ4n) is 4.05. The normalized spacial score (nSPS) is 11.8. The van der Waals surface area contributed by atoms with Crippen LogP contribution in [0.2, 0.25) is 0 Å². The predicted molar refractivity (Wildman–Crippen MR) is 154 cm³/mol. The van der Waals surface area contributed by atoms with Crippen molar-refractivity contribution in [1.82, 2.24) is 9.69 Å². The first-order chi connectivity index (χ1) is 17.9. The van der Waals surface area contributed by atoms with Gasteiger partial charge in [0.2, 0.25) is 5.91 Å². The molecule has 0 spiro atoms. The maximum Gasteiger partial charge on any atom is 0.273 e. The number of hydrogen-bond donors (Lipinski definition) is 3. The van der Waals surface area contributed by atoms with Crippen LogP contribution in [0.5, 0.6) is 0 Å². The number of hydrogen-bond acceptors (Lipinski definition) is 7. The summed E-state index contributed by atoms with van der Waals surface area (Å²) in [6.45, 7) is 8.47. The Kier molecular flexibility index (Phi) is 9.11. The molecule has 5 N–H and O–H groups in total. The third-order valence-corrected chi connectivity index (χ3v) is 7.31. The second kappa shape index (κ2) is 12.1. The molecule has 0 aliphatic rings. The SMILES string of the molecule is Cc1cccc(N(C(=O)c2snc(C(N)=O)c2N)[C@H](C(=O)NCCC(C)C)c2ccc(N(C)C)cc2)c1C. The van der Waals surface area contributed by atoms with Crippen LogP contribution in [0.3, 0.4) is 0 Å². The van der Waals surface area contributed by atoms with Crippen molar-refractivity contribution in [1.29, 1.82) is 0 Å². The van der Waals surface area contributed by atoms with Crippen LogP contribution >= 0.6 is 11.5 Å². The number of carbonyl (C=O) groups is 3. The molecule has 9 nitrogen and oxygen atoms in total. The van der Waals surface area contributed by atoms with Gasteiger partial charge in [-0.2, -0.15) is 4.37 Å². The molecule has 3 rings (SSSR count). The van der Waals surface area contributed by atoms with Crippen LogP contribution in [-0.4, -0.2) is 42.7 Å². The molecule has 0 bridgehead atoms. The van der Waals surface area contributed by atoms with E-state index in [2.05, 4.69) is 23.5 Å². The maximum atomic E-state index is 14.2. The lowest BCUT2D eigenvalue weighted by atomic mass is 9.99. The number of amides is 3. The van der Waals surface area contributed by atoms with E-state index < -0.39 is 17.9 Å². The molecule has 0 radical (unpaired) electrons. The highest BCUT2D eigenvalue weighted by Gasteiger charge is 2.36. The number of primary amides is 1. The molecule has 38 heavy (non-hydrogen) atoms. The molecule has 202 valence electrons. The van der Waals surface area contributed by atoms with E-state index in [9.17, 15) is 14.4 Å². The van der Waals surface area contributed by atoms with Crippen LogP contribution in [-0.2, 0) is 4.79 Å². The van der Waals surface area contributed by atoms with Crippen molar-refractivity contribution in [2.24, 2.45) is 11.7 Å². The van der Waals surface area contributed by atoms with E-state index in [-0.39, 0.29) is 22.2 Å². The number of aryl methyl sites for hydroxylation is 1. The highest BCUT2D eigenvalue weighted by Crippen LogP contribution is 2.36. The average molecular weight is 537 g/mol. The number of benzene rings is 2. The first-order valence-corrected chi connectivity index (χ1v) is 13.2. The van der Waals surface area contributed by atoms with Crippen LogP contribution in [0.4, 0.5) is 17.1 Å². The second-order valence-electron chi connectivity index (χ2n) is 9.89. The van der Waals surface area contributed by atoms with Gasteiger partial charge in [-0.05, 0) is 72.6 Å². The molecule has 1 aromatic heterocycles. The first kappa shape index (κ1) is 28.6. The fraction of sp³-hybridized carbons (Fsp3) is 0.357. The van der Waals surface area contributed by atoms with Gasteiger partial charge in [0, 0.05) is 32.0 Å². The van der Waals surface area contributed by atoms with E-state index in [4.69, 9.17) is 11.5 Å². The molecule has 3 amide bonds. The second-order valence-corrected chi connectivity index (χ2v) is 10.7. The minimum absolute atomic E-state index is 0.0459. The van der Waals surface area contributed by atoms with Gasteiger partial charge in [-0.1, -0.05) is 38.1 Å². The number of nitrogen functional groups attached to an aromatic ring is 1. The zero-order chi connectivity index (χ0) is 28.1. The third-order valence-electron chi connectivity index (χ3n) is 6.46. The number of anilines is 3. The minimum atomic E-state index is -1.01. The molecule has 0 aliphatic carbocycles. The Balaban J connectivity index is 2.22. The zero-order valence-corrected chi connectivity index (χ0v) is 23.6. The Morgan fingerprint density at radius 2 is 1.71 bits per heavy atom. The third kappa shape index (κ3) is 6.13. The van der Waals surface area contributed by atoms with Gasteiger partial charge in [-0.15, -0.1) is 0 Å². The lowest BCUT2D eigenvalue weighted by Gasteiger charge is -2.33. The highest BCUT2D eigenvalue weighted by molar-refractivity contribution is 7.09. The summed E-state index contributed by atoms with van der Waals surface area (Å²) in [5.41, 5.74) is 15.3. The van der Waals surface area contributed by atoms with Gasteiger partial charge in [0.15, 0.2) is 5.69 Å². The van der Waals surface area contributed by atoms with E-state index in [1.807, 2.05) is 69.2 Å². The predicted octanol–water partition coefficient (Wildman–Crippen LogP) is 4.06. The molecule has 0 saturated heterocycles. The largest absolute Gasteiger partial charge is 0.395 e. The molecule has 2 aromatic carbocycles. The number of rotatable bonds is 10. The lowest BCUT2D eigenvalue weighted by molar-refractivity contribution is -0.122. The summed E-state index contributed by atoms with van der Waals surface area (Å²) < 4.78 is 4.02. The van der Waals surface area contributed by atoms with Gasteiger partial charge in [-0.25, -0.2) is 0 Å².